The molecular formula is C10H19N5. The molecule has 1 aliphatic rings. The van der Waals surface area contributed by atoms with E-state index in [2.05, 4.69) is 41.2 Å². The molecule has 1 saturated heterocycles. The number of aromatic nitrogens is 4. The van der Waals surface area contributed by atoms with E-state index in [0.29, 0.717) is 0 Å². The summed E-state index contributed by atoms with van der Waals surface area (Å²) >= 11 is 0. The molecule has 1 fully saturated rings. The van der Waals surface area contributed by atoms with Crippen molar-refractivity contribution in [3.63, 3.8) is 0 Å². The standard InChI is InChI=1S/C10H19N5/c1-10(2,3)15-9(11-12-13-15)8-14-6-4-5-7-14/h4-8H2,1-3H3. The smallest absolute Gasteiger partial charge is 0.165 e. The van der Waals surface area contributed by atoms with Crippen molar-refractivity contribution in [2.24, 2.45) is 0 Å². The second-order valence-corrected chi connectivity index (χ2v) is 5.16. The van der Waals surface area contributed by atoms with Crippen LogP contribution in [0.5, 0.6) is 0 Å². The number of nitrogens with zero attached hydrogens (tertiary/aromatic N) is 5. The maximum atomic E-state index is 4.11. The molecule has 5 nitrogen and oxygen atoms in total. The van der Waals surface area contributed by atoms with Gasteiger partial charge in [0.1, 0.15) is 0 Å². The zero-order valence-electron chi connectivity index (χ0n) is 9.77. The van der Waals surface area contributed by atoms with Crippen molar-refractivity contribution >= 4 is 0 Å². The van der Waals surface area contributed by atoms with Crippen LogP contribution in [0.1, 0.15) is 39.4 Å². The average molecular weight is 209 g/mol. The summed E-state index contributed by atoms with van der Waals surface area (Å²) in [5.74, 6) is 0.976. The van der Waals surface area contributed by atoms with Gasteiger partial charge in [-0.1, -0.05) is 0 Å². The van der Waals surface area contributed by atoms with E-state index in [1.54, 1.807) is 0 Å². The molecule has 1 aromatic rings. The Balaban J connectivity index is 2.11. The fourth-order valence-corrected chi connectivity index (χ4v) is 1.97. The van der Waals surface area contributed by atoms with Crippen molar-refractivity contribution in [3.8, 4) is 0 Å². The normalized spacial score (nSPS) is 18.6. The number of tetrazole rings is 1. The third-order valence-corrected chi connectivity index (χ3v) is 2.73. The fraction of sp³-hybridized carbons (Fsp3) is 0.900. The summed E-state index contributed by atoms with van der Waals surface area (Å²) in [5.41, 5.74) is -0.0292. The summed E-state index contributed by atoms with van der Waals surface area (Å²) < 4.78 is 1.92. The molecule has 0 atom stereocenters. The number of rotatable bonds is 2. The molecule has 0 amide bonds. The first-order valence-electron chi connectivity index (χ1n) is 5.57. The Morgan fingerprint density at radius 1 is 1.20 bits per heavy atom. The first-order valence-corrected chi connectivity index (χ1v) is 5.57. The van der Waals surface area contributed by atoms with Crippen molar-refractivity contribution in [2.45, 2.75) is 45.7 Å². The third-order valence-electron chi connectivity index (χ3n) is 2.73. The van der Waals surface area contributed by atoms with Gasteiger partial charge in [-0.25, -0.2) is 4.68 Å². The quantitative estimate of drug-likeness (QED) is 0.729. The summed E-state index contributed by atoms with van der Waals surface area (Å²) in [7, 11) is 0. The predicted octanol–water partition coefficient (Wildman–Crippen LogP) is 1.02. The van der Waals surface area contributed by atoms with E-state index in [9.17, 15) is 0 Å². The minimum atomic E-state index is -0.0292. The minimum Gasteiger partial charge on any atom is -0.296 e. The lowest BCUT2D eigenvalue weighted by molar-refractivity contribution is 0.280. The van der Waals surface area contributed by atoms with Crippen LogP contribution in [-0.2, 0) is 12.1 Å². The van der Waals surface area contributed by atoms with E-state index in [-0.39, 0.29) is 5.54 Å². The molecule has 0 spiro atoms. The molecular weight excluding hydrogens is 190 g/mol. The number of likely N-dealkylation sites (tertiary alicyclic amines) is 1. The molecule has 0 saturated carbocycles. The van der Waals surface area contributed by atoms with Gasteiger partial charge in [-0.3, -0.25) is 4.90 Å². The van der Waals surface area contributed by atoms with Gasteiger partial charge in [-0.15, -0.1) is 5.10 Å². The molecule has 0 unspecified atom stereocenters. The van der Waals surface area contributed by atoms with Crippen LogP contribution in [0.2, 0.25) is 0 Å². The van der Waals surface area contributed by atoms with Crippen LogP contribution in [0.25, 0.3) is 0 Å². The Bertz CT molecular complexity index is 319. The number of hydrogen-bond donors (Lipinski definition) is 0. The van der Waals surface area contributed by atoms with Gasteiger partial charge < -0.3 is 0 Å². The van der Waals surface area contributed by atoms with E-state index < -0.39 is 0 Å². The zero-order valence-corrected chi connectivity index (χ0v) is 9.77. The van der Waals surface area contributed by atoms with Crippen molar-refractivity contribution in [2.75, 3.05) is 13.1 Å². The van der Waals surface area contributed by atoms with Crippen LogP contribution < -0.4 is 0 Å². The van der Waals surface area contributed by atoms with Gasteiger partial charge in [0.15, 0.2) is 5.82 Å². The minimum absolute atomic E-state index is 0.0292. The molecule has 0 N–H and O–H groups in total. The molecule has 1 aliphatic heterocycles. The molecule has 5 heteroatoms. The van der Waals surface area contributed by atoms with Gasteiger partial charge in [0.25, 0.3) is 0 Å². The maximum absolute atomic E-state index is 4.11. The fourth-order valence-electron chi connectivity index (χ4n) is 1.97. The Morgan fingerprint density at radius 3 is 2.47 bits per heavy atom. The monoisotopic (exact) mass is 209 g/mol. The highest BCUT2D eigenvalue weighted by molar-refractivity contribution is 4.88. The van der Waals surface area contributed by atoms with Crippen LogP contribution in [0.15, 0.2) is 0 Å². The molecule has 0 aromatic carbocycles. The molecule has 0 aliphatic carbocycles. The van der Waals surface area contributed by atoms with Gasteiger partial charge in [0, 0.05) is 0 Å². The highest BCUT2D eigenvalue weighted by Gasteiger charge is 2.22. The predicted molar refractivity (Wildman–Crippen MR) is 57.3 cm³/mol. The number of hydrogen-bond acceptors (Lipinski definition) is 4. The lowest BCUT2D eigenvalue weighted by atomic mass is 10.1. The van der Waals surface area contributed by atoms with Gasteiger partial charge in [-0.05, 0) is 57.1 Å². The third kappa shape index (κ3) is 2.34. The van der Waals surface area contributed by atoms with Crippen molar-refractivity contribution < 1.29 is 0 Å². The molecule has 2 rings (SSSR count). The van der Waals surface area contributed by atoms with E-state index >= 15 is 0 Å². The SMILES string of the molecule is CC(C)(C)n1nnnc1CN1CCCC1. The van der Waals surface area contributed by atoms with Crippen LogP contribution in [0.3, 0.4) is 0 Å². The Hall–Kier alpha value is -0.970. The second kappa shape index (κ2) is 3.89. The lowest BCUT2D eigenvalue weighted by Gasteiger charge is -2.22. The maximum Gasteiger partial charge on any atom is 0.165 e. The van der Waals surface area contributed by atoms with Crippen molar-refractivity contribution in [1.29, 1.82) is 0 Å². The summed E-state index contributed by atoms with van der Waals surface area (Å²) in [5, 5.41) is 11.9. The van der Waals surface area contributed by atoms with Crippen molar-refractivity contribution in [1.82, 2.24) is 25.1 Å². The molecule has 2 heterocycles. The lowest BCUT2D eigenvalue weighted by Crippen LogP contribution is -2.29. The Morgan fingerprint density at radius 2 is 1.87 bits per heavy atom. The Kier molecular flexibility index (Phi) is 2.73. The molecule has 1 aromatic heterocycles. The van der Waals surface area contributed by atoms with Gasteiger partial charge in [-0.2, -0.15) is 0 Å². The van der Waals surface area contributed by atoms with E-state index in [1.807, 2.05) is 4.68 Å². The summed E-state index contributed by atoms with van der Waals surface area (Å²) in [6, 6.07) is 0. The van der Waals surface area contributed by atoms with E-state index in [0.717, 1.165) is 12.4 Å². The summed E-state index contributed by atoms with van der Waals surface area (Å²) in [6.45, 7) is 9.60. The first-order chi connectivity index (χ1) is 7.07. The second-order valence-electron chi connectivity index (χ2n) is 5.16. The summed E-state index contributed by atoms with van der Waals surface area (Å²) in [4.78, 5) is 2.41. The largest absolute Gasteiger partial charge is 0.296 e. The van der Waals surface area contributed by atoms with E-state index in [1.165, 1.54) is 25.9 Å². The van der Waals surface area contributed by atoms with Gasteiger partial charge in [0.2, 0.25) is 0 Å². The molecule has 84 valence electrons. The van der Waals surface area contributed by atoms with Crippen LogP contribution in [-0.4, -0.2) is 38.2 Å². The van der Waals surface area contributed by atoms with Gasteiger partial charge in [0.05, 0.1) is 12.1 Å². The highest BCUT2D eigenvalue weighted by Crippen LogP contribution is 2.16. The van der Waals surface area contributed by atoms with Crippen LogP contribution >= 0.6 is 0 Å². The van der Waals surface area contributed by atoms with E-state index in [4.69, 9.17) is 0 Å². The molecule has 15 heavy (non-hydrogen) atoms. The molecule has 0 bridgehead atoms. The molecule has 0 radical (unpaired) electrons. The zero-order chi connectivity index (χ0) is 10.9. The van der Waals surface area contributed by atoms with Crippen LogP contribution in [0.4, 0.5) is 0 Å². The highest BCUT2D eigenvalue weighted by atomic mass is 15.6. The van der Waals surface area contributed by atoms with Gasteiger partial charge >= 0.3 is 0 Å². The van der Waals surface area contributed by atoms with Crippen molar-refractivity contribution in [3.05, 3.63) is 5.82 Å². The summed E-state index contributed by atoms with van der Waals surface area (Å²) in [6.07, 6.45) is 2.61. The topological polar surface area (TPSA) is 46.8 Å². The first kappa shape index (κ1) is 10.5. The Labute approximate surface area is 90.5 Å². The van der Waals surface area contributed by atoms with Crippen LogP contribution in [0, 0.1) is 0 Å². The average Bonchev–Trinajstić information content (AvgIpc) is 2.73.